The van der Waals surface area contributed by atoms with Crippen molar-refractivity contribution in [3.05, 3.63) is 30.0 Å². The van der Waals surface area contributed by atoms with Crippen LogP contribution in [0.4, 0.5) is 0 Å². The van der Waals surface area contributed by atoms with Crippen LogP contribution < -0.4 is 0 Å². The molecule has 2 aromatic rings. The van der Waals surface area contributed by atoms with Crippen molar-refractivity contribution in [2.75, 3.05) is 0 Å². The Morgan fingerprint density at radius 1 is 1.25 bits per heavy atom. The Bertz CT molecular complexity index is 582. The second-order valence-corrected chi connectivity index (χ2v) is 6.38. The van der Waals surface area contributed by atoms with Crippen molar-refractivity contribution in [2.45, 2.75) is 45.1 Å². The van der Waals surface area contributed by atoms with Crippen LogP contribution in [0.15, 0.2) is 24.3 Å². The minimum absolute atomic E-state index is 0.249. The lowest BCUT2D eigenvalue weighted by Gasteiger charge is -2.29. The summed E-state index contributed by atoms with van der Waals surface area (Å²) in [5.41, 5.74) is 2.18. The SMILES string of the molecule is CC1CCC(C(O)Cc2nn(C)c3ccccc23)CC1. The highest BCUT2D eigenvalue weighted by Crippen LogP contribution is 2.32. The van der Waals surface area contributed by atoms with Crippen LogP contribution in [0.2, 0.25) is 0 Å². The predicted molar refractivity (Wildman–Crippen MR) is 81.5 cm³/mol. The largest absolute Gasteiger partial charge is 0.392 e. The fourth-order valence-electron chi connectivity index (χ4n) is 3.47. The first kappa shape index (κ1) is 13.6. The van der Waals surface area contributed by atoms with Gasteiger partial charge in [0.15, 0.2) is 0 Å². The van der Waals surface area contributed by atoms with Crippen molar-refractivity contribution >= 4 is 10.9 Å². The molecule has 1 atom stereocenters. The van der Waals surface area contributed by atoms with Crippen molar-refractivity contribution in [3.8, 4) is 0 Å². The van der Waals surface area contributed by atoms with Gasteiger partial charge in [0, 0.05) is 18.9 Å². The highest BCUT2D eigenvalue weighted by atomic mass is 16.3. The highest BCUT2D eigenvalue weighted by Gasteiger charge is 2.26. The Hall–Kier alpha value is -1.35. The molecule has 20 heavy (non-hydrogen) atoms. The average molecular weight is 272 g/mol. The van der Waals surface area contributed by atoms with E-state index >= 15 is 0 Å². The Kier molecular flexibility index (Phi) is 3.79. The molecule has 1 aliphatic rings. The van der Waals surface area contributed by atoms with E-state index in [0.29, 0.717) is 12.3 Å². The highest BCUT2D eigenvalue weighted by molar-refractivity contribution is 5.81. The zero-order valence-electron chi connectivity index (χ0n) is 12.4. The first-order valence-corrected chi connectivity index (χ1v) is 7.74. The van der Waals surface area contributed by atoms with E-state index in [1.807, 2.05) is 23.9 Å². The summed E-state index contributed by atoms with van der Waals surface area (Å²) in [6.45, 7) is 2.31. The molecule has 0 aliphatic heterocycles. The molecule has 1 aromatic carbocycles. The summed E-state index contributed by atoms with van der Waals surface area (Å²) in [5, 5.41) is 16.3. The van der Waals surface area contributed by atoms with Gasteiger partial charge in [0.1, 0.15) is 0 Å². The van der Waals surface area contributed by atoms with Gasteiger partial charge >= 0.3 is 0 Å². The van der Waals surface area contributed by atoms with Crippen LogP contribution in [0.1, 0.15) is 38.3 Å². The molecular weight excluding hydrogens is 248 g/mol. The lowest BCUT2D eigenvalue weighted by atomic mass is 9.79. The minimum atomic E-state index is -0.249. The van der Waals surface area contributed by atoms with Gasteiger partial charge in [-0.25, -0.2) is 0 Å². The van der Waals surface area contributed by atoms with Crippen molar-refractivity contribution in [1.82, 2.24) is 9.78 Å². The molecule has 1 N–H and O–H groups in total. The summed E-state index contributed by atoms with van der Waals surface area (Å²) in [5.74, 6) is 1.28. The molecular formula is C17H24N2O. The number of hydrogen-bond acceptors (Lipinski definition) is 2. The maximum Gasteiger partial charge on any atom is 0.0729 e. The number of aliphatic hydroxyl groups is 1. The maximum atomic E-state index is 10.5. The van der Waals surface area contributed by atoms with Crippen LogP contribution in [0, 0.1) is 11.8 Å². The standard InChI is InChI=1S/C17H24N2O/c1-12-7-9-13(10-8-12)17(20)11-15-14-5-3-4-6-16(14)19(2)18-15/h3-6,12-13,17,20H,7-11H2,1-2H3. The van der Waals surface area contributed by atoms with Crippen LogP contribution >= 0.6 is 0 Å². The summed E-state index contributed by atoms with van der Waals surface area (Å²) in [6.07, 6.45) is 5.26. The summed E-state index contributed by atoms with van der Waals surface area (Å²) in [7, 11) is 1.97. The second kappa shape index (κ2) is 5.57. The molecule has 1 aromatic heterocycles. The molecule has 0 bridgehead atoms. The molecule has 3 rings (SSSR count). The van der Waals surface area contributed by atoms with Gasteiger partial charge < -0.3 is 5.11 Å². The van der Waals surface area contributed by atoms with Crippen LogP contribution in [0.25, 0.3) is 10.9 Å². The normalized spacial score (nSPS) is 24.9. The zero-order valence-corrected chi connectivity index (χ0v) is 12.4. The van der Waals surface area contributed by atoms with Gasteiger partial charge in [-0.3, -0.25) is 4.68 Å². The number of para-hydroxylation sites is 1. The monoisotopic (exact) mass is 272 g/mol. The first-order valence-electron chi connectivity index (χ1n) is 7.74. The third kappa shape index (κ3) is 2.59. The van der Waals surface area contributed by atoms with E-state index in [9.17, 15) is 5.11 Å². The van der Waals surface area contributed by atoms with Crippen LogP contribution in [-0.4, -0.2) is 21.0 Å². The fraction of sp³-hybridized carbons (Fsp3) is 0.588. The van der Waals surface area contributed by atoms with E-state index in [2.05, 4.69) is 24.2 Å². The van der Waals surface area contributed by atoms with E-state index in [4.69, 9.17) is 0 Å². The Morgan fingerprint density at radius 2 is 1.95 bits per heavy atom. The molecule has 1 fully saturated rings. The minimum Gasteiger partial charge on any atom is -0.392 e. The number of aryl methyl sites for hydroxylation is 1. The Balaban J connectivity index is 1.76. The first-order chi connectivity index (χ1) is 9.65. The number of aromatic nitrogens is 2. The van der Waals surface area contributed by atoms with Gasteiger partial charge in [0.2, 0.25) is 0 Å². The molecule has 0 saturated heterocycles. The van der Waals surface area contributed by atoms with E-state index < -0.39 is 0 Å². The van der Waals surface area contributed by atoms with Crippen molar-refractivity contribution < 1.29 is 5.11 Å². The van der Waals surface area contributed by atoms with Gasteiger partial charge in [-0.1, -0.05) is 38.0 Å². The number of hydrogen-bond donors (Lipinski definition) is 1. The molecule has 1 unspecified atom stereocenters. The van der Waals surface area contributed by atoms with Gasteiger partial charge in [-0.05, 0) is 30.7 Å². The van der Waals surface area contributed by atoms with Gasteiger partial charge in [0.25, 0.3) is 0 Å². The summed E-state index contributed by atoms with van der Waals surface area (Å²) >= 11 is 0. The summed E-state index contributed by atoms with van der Waals surface area (Å²) < 4.78 is 1.92. The molecule has 0 spiro atoms. The zero-order chi connectivity index (χ0) is 14.1. The molecule has 1 aliphatic carbocycles. The van der Waals surface area contributed by atoms with E-state index in [-0.39, 0.29) is 6.10 Å². The molecule has 3 nitrogen and oxygen atoms in total. The van der Waals surface area contributed by atoms with Crippen molar-refractivity contribution in [2.24, 2.45) is 18.9 Å². The lowest BCUT2D eigenvalue weighted by molar-refractivity contribution is 0.0754. The van der Waals surface area contributed by atoms with Gasteiger partial charge in [-0.2, -0.15) is 5.10 Å². The fourth-order valence-corrected chi connectivity index (χ4v) is 3.47. The van der Waals surface area contributed by atoms with Crippen molar-refractivity contribution in [1.29, 1.82) is 0 Å². The summed E-state index contributed by atoms with van der Waals surface area (Å²) in [4.78, 5) is 0. The quantitative estimate of drug-likeness (QED) is 0.931. The smallest absolute Gasteiger partial charge is 0.0729 e. The average Bonchev–Trinajstić information content (AvgIpc) is 2.77. The molecule has 0 amide bonds. The lowest BCUT2D eigenvalue weighted by Crippen LogP contribution is -2.27. The molecule has 0 radical (unpaired) electrons. The summed E-state index contributed by atoms with van der Waals surface area (Å²) in [6, 6.07) is 8.27. The van der Waals surface area contributed by atoms with Crippen LogP contribution in [0.3, 0.4) is 0 Å². The van der Waals surface area contributed by atoms with E-state index in [1.165, 1.54) is 18.2 Å². The number of fused-ring (bicyclic) bond motifs is 1. The molecule has 108 valence electrons. The maximum absolute atomic E-state index is 10.5. The Morgan fingerprint density at radius 3 is 2.70 bits per heavy atom. The van der Waals surface area contributed by atoms with Crippen LogP contribution in [0.5, 0.6) is 0 Å². The molecule has 3 heteroatoms. The number of benzene rings is 1. The third-order valence-electron chi connectivity index (χ3n) is 4.84. The van der Waals surface area contributed by atoms with Gasteiger partial charge in [-0.15, -0.1) is 0 Å². The topological polar surface area (TPSA) is 38.1 Å². The Labute approximate surface area is 120 Å². The van der Waals surface area contributed by atoms with E-state index in [1.54, 1.807) is 0 Å². The van der Waals surface area contributed by atoms with Crippen molar-refractivity contribution in [3.63, 3.8) is 0 Å². The van der Waals surface area contributed by atoms with Crippen LogP contribution in [-0.2, 0) is 13.5 Å². The van der Waals surface area contributed by atoms with Gasteiger partial charge in [0.05, 0.1) is 17.3 Å². The van der Waals surface area contributed by atoms with E-state index in [0.717, 1.165) is 30.0 Å². The molecule has 1 saturated carbocycles. The number of nitrogens with zero attached hydrogens (tertiary/aromatic N) is 2. The third-order valence-corrected chi connectivity index (χ3v) is 4.84. The molecule has 1 heterocycles. The number of aliphatic hydroxyl groups excluding tert-OH is 1. The predicted octanol–water partition coefficient (Wildman–Crippen LogP) is 3.30. The number of rotatable bonds is 3. The second-order valence-electron chi connectivity index (χ2n) is 6.38.